The van der Waals surface area contributed by atoms with Crippen molar-refractivity contribution in [2.45, 2.75) is 12.8 Å². The van der Waals surface area contributed by atoms with Gasteiger partial charge >= 0.3 is 5.97 Å². The van der Waals surface area contributed by atoms with Gasteiger partial charge in [-0.05, 0) is 25.0 Å². The van der Waals surface area contributed by atoms with Gasteiger partial charge in [-0.3, -0.25) is 9.59 Å². The van der Waals surface area contributed by atoms with Crippen LogP contribution in [0.2, 0.25) is 0 Å². The van der Waals surface area contributed by atoms with Crippen LogP contribution < -0.4 is 4.90 Å². The molecule has 1 aromatic heterocycles. The first-order chi connectivity index (χ1) is 11.6. The maximum absolute atomic E-state index is 12.5. The number of ether oxygens (including phenoxy) is 1. The van der Waals surface area contributed by atoms with E-state index in [4.69, 9.17) is 4.74 Å². The summed E-state index contributed by atoms with van der Waals surface area (Å²) in [6.07, 6.45) is 1.34. The highest BCUT2D eigenvalue weighted by molar-refractivity contribution is 7.22. The highest BCUT2D eigenvalue weighted by atomic mass is 32.1. The number of para-hydroxylation sites is 1. The highest BCUT2D eigenvalue weighted by Gasteiger charge is 2.28. The number of anilines is 1. The first-order valence-corrected chi connectivity index (χ1v) is 8.82. The number of fused-ring (bicyclic) bond motifs is 1. The predicted molar refractivity (Wildman–Crippen MR) is 94.2 cm³/mol. The molecule has 128 valence electrons. The molecular weight excluding hydrogens is 326 g/mol. The zero-order chi connectivity index (χ0) is 17.1. The second kappa shape index (κ2) is 7.17. The van der Waals surface area contributed by atoms with Crippen LogP contribution in [-0.2, 0) is 14.3 Å². The summed E-state index contributed by atoms with van der Waals surface area (Å²) in [7, 11) is 3.30. The van der Waals surface area contributed by atoms with Gasteiger partial charge in [-0.1, -0.05) is 23.5 Å². The summed E-state index contributed by atoms with van der Waals surface area (Å²) in [5, 5.41) is 0.842. The number of hydrogen-bond acceptors (Lipinski definition) is 6. The number of methoxy groups -OCH3 is 1. The van der Waals surface area contributed by atoms with Crippen LogP contribution in [0.25, 0.3) is 10.2 Å². The number of aromatic nitrogens is 1. The lowest BCUT2D eigenvalue weighted by atomic mass is 9.97. The van der Waals surface area contributed by atoms with Crippen LogP contribution in [0.15, 0.2) is 24.3 Å². The van der Waals surface area contributed by atoms with Gasteiger partial charge < -0.3 is 14.5 Å². The van der Waals surface area contributed by atoms with Gasteiger partial charge in [0, 0.05) is 20.1 Å². The second-order valence-corrected chi connectivity index (χ2v) is 7.01. The Hall–Kier alpha value is -2.15. The molecule has 0 N–H and O–H groups in total. The molecule has 0 atom stereocenters. The molecule has 2 heterocycles. The van der Waals surface area contributed by atoms with Crippen molar-refractivity contribution in [3.63, 3.8) is 0 Å². The number of likely N-dealkylation sites (tertiary alicyclic amines) is 1. The maximum Gasteiger partial charge on any atom is 0.308 e. The summed E-state index contributed by atoms with van der Waals surface area (Å²) in [5.41, 5.74) is 0.954. The molecular formula is C17H21N3O3S. The van der Waals surface area contributed by atoms with Crippen LogP contribution in [0.3, 0.4) is 0 Å². The normalized spacial score (nSPS) is 15.5. The fourth-order valence-corrected chi connectivity index (χ4v) is 3.85. The highest BCUT2D eigenvalue weighted by Crippen LogP contribution is 2.28. The third kappa shape index (κ3) is 3.51. The number of rotatable bonds is 4. The molecule has 2 aromatic rings. The number of benzene rings is 1. The van der Waals surface area contributed by atoms with Gasteiger partial charge in [-0.2, -0.15) is 0 Å². The Balaban J connectivity index is 1.57. The summed E-state index contributed by atoms with van der Waals surface area (Å²) in [6, 6.07) is 7.95. The zero-order valence-electron chi connectivity index (χ0n) is 13.9. The van der Waals surface area contributed by atoms with E-state index in [1.54, 1.807) is 11.3 Å². The van der Waals surface area contributed by atoms with Gasteiger partial charge in [0.2, 0.25) is 5.91 Å². The molecule has 0 radical (unpaired) electrons. The summed E-state index contributed by atoms with van der Waals surface area (Å²) >= 11 is 1.58. The minimum absolute atomic E-state index is 0.0695. The van der Waals surface area contributed by atoms with Crippen molar-refractivity contribution in [3.8, 4) is 0 Å². The van der Waals surface area contributed by atoms with Gasteiger partial charge in [0.05, 0.1) is 29.8 Å². The summed E-state index contributed by atoms with van der Waals surface area (Å²) < 4.78 is 5.90. The minimum Gasteiger partial charge on any atom is -0.469 e. The van der Waals surface area contributed by atoms with Crippen LogP contribution in [0.4, 0.5) is 5.13 Å². The molecule has 1 fully saturated rings. The molecule has 0 spiro atoms. The van der Waals surface area contributed by atoms with E-state index >= 15 is 0 Å². The molecule has 0 bridgehead atoms. The van der Waals surface area contributed by atoms with E-state index in [0.717, 1.165) is 15.3 Å². The second-order valence-electron chi connectivity index (χ2n) is 6.00. The minimum atomic E-state index is -0.173. The first kappa shape index (κ1) is 16.7. The third-order valence-electron chi connectivity index (χ3n) is 4.36. The fraction of sp³-hybridized carbons (Fsp3) is 0.471. The van der Waals surface area contributed by atoms with Crippen LogP contribution in [0.1, 0.15) is 12.8 Å². The lowest BCUT2D eigenvalue weighted by molar-refractivity contribution is -0.148. The Morgan fingerprint density at radius 2 is 2.04 bits per heavy atom. The number of nitrogens with zero attached hydrogens (tertiary/aromatic N) is 3. The number of carbonyl (C=O) groups excluding carboxylic acids is 2. The van der Waals surface area contributed by atoms with Crippen molar-refractivity contribution in [2.75, 3.05) is 38.7 Å². The maximum atomic E-state index is 12.5. The number of carbonyl (C=O) groups is 2. The molecule has 0 saturated carbocycles. The predicted octanol–water partition coefficient (Wildman–Crippen LogP) is 2.14. The topological polar surface area (TPSA) is 62.7 Å². The molecule has 24 heavy (non-hydrogen) atoms. The quantitative estimate of drug-likeness (QED) is 0.793. The summed E-state index contributed by atoms with van der Waals surface area (Å²) in [5.74, 6) is -0.185. The standard InChI is InChI=1S/C17H21N3O3S/c1-19(17-18-13-5-3-4-6-14(13)24-17)11-15(21)20-9-7-12(8-10-20)16(22)23-2/h3-6,12H,7-11H2,1-2H3. The number of hydrogen-bond donors (Lipinski definition) is 0. The molecule has 1 aliphatic rings. The molecule has 3 rings (SSSR count). The van der Waals surface area contributed by atoms with Gasteiger partial charge in [0.15, 0.2) is 5.13 Å². The monoisotopic (exact) mass is 347 g/mol. The van der Waals surface area contributed by atoms with Crippen LogP contribution in [0.5, 0.6) is 0 Å². The van der Waals surface area contributed by atoms with Gasteiger partial charge in [-0.25, -0.2) is 4.98 Å². The van der Waals surface area contributed by atoms with E-state index < -0.39 is 0 Å². The first-order valence-electron chi connectivity index (χ1n) is 8.01. The average molecular weight is 347 g/mol. The Morgan fingerprint density at radius 1 is 1.33 bits per heavy atom. The van der Waals surface area contributed by atoms with E-state index in [1.165, 1.54) is 7.11 Å². The van der Waals surface area contributed by atoms with E-state index in [9.17, 15) is 9.59 Å². The van der Waals surface area contributed by atoms with Gasteiger partial charge in [0.1, 0.15) is 0 Å². The van der Waals surface area contributed by atoms with E-state index in [0.29, 0.717) is 32.5 Å². The molecule has 1 aromatic carbocycles. The van der Waals surface area contributed by atoms with Crippen molar-refractivity contribution < 1.29 is 14.3 Å². The van der Waals surface area contributed by atoms with Crippen molar-refractivity contribution >= 4 is 38.6 Å². The molecule has 7 heteroatoms. The zero-order valence-corrected chi connectivity index (χ0v) is 14.7. The summed E-state index contributed by atoms with van der Waals surface area (Å²) in [4.78, 5) is 32.3. The fourth-order valence-electron chi connectivity index (χ4n) is 2.93. The van der Waals surface area contributed by atoms with Crippen molar-refractivity contribution in [3.05, 3.63) is 24.3 Å². The largest absolute Gasteiger partial charge is 0.469 e. The summed E-state index contributed by atoms with van der Waals surface area (Å²) in [6.45, 7) is 1.50. The molecule has 1 saturated heterocycles. The van der Waals surface area contributed by atoms with Crippen molar-refractivity contribution in [1.29, 1.82) is 0 Å². The molecule has 1 amide bonds. The Labute approximate surface area is 145 Å². The number of esters is 1. The van der Waals surface area contributed by atoms with Gasteiger partial charge in [-0.15, -0.1) is 0 Å². The van der Waals surface area contributed by atoms with Crippen molar-refractivity contribution in [1.82, 2.24) is 9.88 Å². The van der Waals surface area contributed by atoms with E-state index in [2.05, 4.69) is 4.98 Å². The SMILES string of the molecule is COC(=O)C1CCN(C(=O)CN(C)c2nc3ccccc3s2)CC1. The number of thiazole rings is 1. The lowest BCUT2D eigenvalue weighted by Gasteiger charge is -2.31. The smallest absolute Gasteiger partial charge is 0.308 e. The number of amides is 1. The average Bonchev–Trinajstić information content (AvgIpc) is 3.05. The number of piperidine rings is 1. The molecule has 6 nitrogen and oxygen atoms in total. The Kier molecular flexibility index (Phi) is 4.99. The molecule has 0 aliphatic carbocycles. The van der Waals surface area contributed by atoms with Crippen molar-refractivity contribution in [2.24, 2.45) is 5.92 Å². The Morgan fingerprint density at radius 3 is 2.71 bits per heavy atom. The van der Waals surface area contributed by atoms with E-state index in [1.807, 2.05) is 41.1 Å². The molecule has 0 unspecified atom stereocenters. The van der Waals surface area contributed by atoms with Crippen LogP contribution >= 0.6 is 11.3 Å². The molecule has 1 aliphatic heterocycles. The van der Waals surface area contributed by atoms with Crippen LogP contribution in [-0.4, -0.2) is 55.6 Å². The number of likely N-dealkylation sites (N-methyl/N-ethyl adjacent to an activating group) is 1. The van der Waals surface area contributed by atoms with Crippen LogP contribution in [0, 0.1) is 5.92 Å². The third-order valence-corrected chi connectivity index (χ3v) is 5.51. The van der Waals surface area contributed by atoms with Gasteiger partial charge in [0.25, 0.3) is 0 Å². The lowest BCUT2D eigenvalue weighted by Crippen LogP contribution is -2.44. The van der Waals surface area contributed by atoms with E-state index in [-0.39, 0.29) is 17.8 Å². The Bertz CT molecular complexity index is 705.